The van der Waals surface area contributed by atoms with Crippen molar-refractivity contribution in [2.45, 2.75) is 26.3 Å². The van der Waals surface area contributed by atoms with Gasteiger partial charge in [-0.1, -0.05) is 48.6 Å². The molecule has 1 atom stereocenters. The van der Waals surface area contributed by atoms with Gasteiger partial charge in [-0.3, -0.25) is 14.2 Å². The second-order valence-electron chi connectivity index (χ2n) is 4.58. The van der Waals surface area contributed by atoms with Crippen molar-refractivity contribution in [2.24, 2.45) is 0 Å². The van der Waals surface area contributed by atoms with Crippen LogP contribution in [0.4, 0.5) is 0 Å². The zero-order chi connectivity index (χ0) is 15.6. The van der Waals surface area contributed by atoms with E-state index in [0.29, 0.717) is 29.0 Å². The van der Waals surface area contributed by atoms with Crippen LogP contribution in [0.25, 0.3) is 0 Å². The highest BCUT2D eigenvalue weighted by Crippen LogP contribution is 2.21. The second-order valence-corrected chi connectivity index (χ2v) is 5.54. The first-order chi connectivity index (χ1) is 9.97. The number of ketones is 1. The van der Waals surface area contributed by atoms with Gasteiger partial charge >= 0.3 is 10.8 Å². The van der Waals surface area contributed by atoms with Gasteiger partial charge in [-0.25, -0.2) is 4.79 Å². The van der Waals surface area contributed by atoms with Gasteiger partial charge in [-0.05, 0) is 13.3 Å². The largest absolute Gasteiger partial charge is 0.477 e. The van der Waals surface area contributed by atoms with Crippen LogP contribution in [0.5, 0.6) is 0 Å². The highest BCUT2D eigenvalue weighted by atomic mass is 32.1. The molecule has 6 heteroatoms. The molecule has 1 N–H and O–H groups in total. The van der Waals surface area contributed by atoms with Crippen molar-refractivity contribution >= 4 is 23.1 Å². The summed E-state index contributed by atoms with van der Waals surface area (Å²) >= 11 is 0.670. The molecule has 110 valence electrons. The van der Waals surface area contributed by atoms with Gasteiger partial charge in [-0.2, -0.15) is 0 Å². The summed E-state index contributed by atoms with van der Waals surface area (Å²) in [5.41, 5.74) is 0.899. The molecule has 1 aromatic heterocycles. The number of carbonyl (C=O) groups is 2. The van der Waals surface area contributed by atoms with Gasteiger partial charge in [0.05, 0.1) is 6.04 Å². The molecule has 1 unspecified atom stereocenters. The van der Waals surface area contributed by atoms with Crippen molar-refractivity contribution < 1.29 is 14.7 Å². The summed E-state index contributed by atoms with van der Waals surface area (Å²) in [5.74, 6) is -1.34. The molecule has 2 rings (SSSR count). The smallest absolute Gasteiger partial charge is 0.347 e. The lowest BCUT2D eigenvalue weighted by Gasteiger charge is -2.14. The predicted octanol–water partition coefficient (Wildman–Crippen LogP) is 2.61. The van der Waals surface area contributed by atoms with Crippen molar-refractivity contribution in [1.82, 2.24) is 4.57 Å². The van der Waals surface area contributed by atoms with E-state index in [1.165, 1.54) is 4.57 Å². The molecule has 0 bridgehead atoms. The van der Waals surface area contributed by atoms with Gasteiger partial charge < -0.3 is 5.11 Å². The topological polar surface area (TPSA) is 76.4 Å². The summed E-state index contributed by atoms with van der Waals surface area (Å²) in [6.45, 7) is 3.39. The Balaban J connectivity index is 2.49. The third-order valence-corrected chi connectivity index (χ3v) is 4.28. The molecule has 5 nitrogen and oxygen atoms in total. The number of carboxylic acid groups (broad SMARTS) is 1. The molecule has 0 spiro atoms. The molecule has 1 aromatic carbocycles. The molecule has 0 amide bonds. The van der Waals surface area contributed by atoms with E-state index < -0.39 is 16.9 Å². The van der Waals surface area contributed by atoms with E-state index in [0.717, 1.165) is 0 Å². The number of thiazole rings is 1. The average Bonchev–Trinajstić information content (AvgIpc) is 2.83. The molecule has 2 aromatic rings. The van der Waals surface area contributed by atoms with Crippen LogP contribution in [-0.4, -0.2) is 21.4 Å². The number of Topliss-reactive ketones (excluding diaryl/α,β-unsaturated/α-hetero) is 1. The van der Waals surface area contributed by atoms with Crippen LogP contribution < -0.4 is 4.87 Å². The Labute approximate surface area is 125 Å². The lowest BCUT2D eigenvalue weighted by Crippen LogP contribution is -2.26. The molecular formula is C15H15NO4S. The fourth-order valence-corrected chi connectivity index (χ4v) is 3.25. The Kier molecular flexibility index (Phi) is 4.37. The summed E-state index contributed by atoms with van der Waals surface area (Å²) in [4.78, 5) is 35.3. The number of aromatic carboxylic acids is 1. The maximum Gasteiger partial charge on any atom is 0.347 e. The van der Waals surface area contributed by atoms with E-state index in [-0.39, 0.29) is 10.7 Å². The van der Waals surface area contributed by atoms with Crippen LogP contribution in [0.3, 0.4) is 0 Å². The third-order valence-electron chi connectivity index (χ3n) is 3.29. The summed E-state index contributed by atoms with van der Waals surface area (Å²) < 4.78 is 1.30. The molecule has 0 aliphatic rings. The first-order valence-electron chi connectivity index (χ1n) is 6.54. The number of carboxylic acids is 1. The van der Waals surface area contributed by atoms with Gasteiger partial charge in [0.1, 0.15) is 4.88 Å². The van der Waals surface area contributed by atoms with Crippen molar-refractivity contribution in [1.29, 1.82) is 0 Å². The number of nitrogens with zero attached hydrogens (tertiary/aromatic N) is 1. The van der Waals surface area contributed by atoms with Crippen LogP contribution in [0, 0.1) is 0 Å². The van der Waals surface area contributed by atoms with E-state index >= 15 is 0 Å². The Morgan fingerprint density at radius 2 is 1.90 bits per heavy atom. The van der Waals surface area contributed by atoms with Gasteiger partial charge in [-0.15, -0.1) is 0 Å². The second kappa shape index (κ2) is 6.05. The summed E-state index contributed by atoms with van der Waals surface area (Å²) in [6, 6.07) is 7.94. The molecule has 0 fully saturated rings. The minimum absolute atomic E-state index is 0.00946. The van der Waals surface area contributed by atoms with Gasteiger partial charge in [0.2, 0.25) is 0 Å². The van der Waals surface area contributed by atoms with E-state index in [1.807, 2.05) is 0 Å². The maximum atomic E-state index is 12.4. The molecule has 0 aliphatic carbocycles. The number of hydrogen-bond acceptors (Lipinski definition) is 4. The van der Waals surface area contributed by atoms with Crippen LogP contribution in [0.2, 0.25) is 0 Å². The number of carbonyl (C=O) groups excluding carboxylic acids is 1. The van der Waals surface area contributed by atoms with Crippen LogP contribution in [-0.2, 0) is 6.42 Å². The molecule has 0 aliphatic heterocycles. The highest BCUT2D eigenvalue weighted by Gasteiger charge is 2.26. The minimum Gasteiger partial charge on any atom is -0.477 e. The Morgan fingerprint density at radius 3 is 2.43 bits per heavy atom. The van der Waals surface area contributed by atoms with Crippen molar-refractivity contribution in [2.75, 3.05) is 0 Å². The van der Waals surface area contributed by atoms with Crippen LogP contribution in [0.15, 0.2) is 35.1 Å². The molecule has 21 heavy (non-hydrogen) atoms. The van der Waals surface area contributed by atoms with Crippen molar-refractivity contribution in [3.63, 3.8) is 0 Å². The van der Waals surface area contributed by atoms with E-state index in [4.69, 9.17) is 5.11 Å². The SMILES string of the molecule is CCc1c(C(=O)O)sc(=O)n1C(C)C(=O)c1ccccc1. The molecule has 0 saturated heterocycles. The monoisotopic (exact) mass is 305 g/mol. The average molecular weight is 305 g/mol. The van der Waals surface area contributed by atoms with Gasteiger partial charge in [0.15, 0.2) is 5.78 Å². The summed E-state index contributed by atoms with van der Waals surface area (Å²) in [6.07, 6.45) is 0.382. The normalized spacial score (nSPS) is 12.1. The highest BCUT2D eigenvalue weighted by molar-refractivity contribution is 7.11. The number of benzene rings is 1. The standard InChI is InChI=1S/C15H15NO4S/c1-3-11-13(14(18)19)21-15(20)16(11)9(2)12(17)10-7-5-4-6-8-10/h4-9H,3H2,1-2H3,(H,18,19). The lowest BCUT2D eigenvalue weighted by molar-refractivity contribution is 0.0699. The van der Waals surface area contributed by atoms with Crippen LogP contribution in [0.1, 0.15) is 45.6 Å². The van der Waals surface area contributed by atoms with Crippen molar-refractivity contribution in [3.05, 3.63) is 56.1 Å². The Morgan fingerprint density at radius 1 is 1.29 bits per heavy atom. The van der Waals surface area contributed by atoms with E-state index in [2.05, 4.69) is 0 Å². The first kappa shape index (κ1) is 15.2. The summed E-state index contributed by atoms with van der Waals surface area (Å²) in [5, 5.41) is 9.15. The lowest BCUT2D eigenvalue weighted by atomic mass is 10.0. The fourth-order valence-electron chi connectivity index (χ4n) is 2.27. The summed E-state index contributed by atoms with van der Waals surface area (Å²) in [7, 11) is 0. The van der Waals surface area contributed by atoms with Gasteiger partial charge in [0, 0.05) is 11.3 Å². The van der Waals surface area contributed by atoms with Gasteiger partial charge in [0.25, 0.3) is 0 Å². The fraction of sp³-hybridized carbons (Fsp3) is 0.267. The third kappa shape index (κ3) is 2.80. The number of rotatable bonds is 5. The quantitative estimate of drug-likeness (QED) is 0.861. The number of hydrogen-bond donors (Lipinski definition) is 1. The predicted molar refractivity (Wildman–Crippen MR) is 80.4 cm³/mol. The Hall–Kier alpha value is -2.21. The molecule has 0 saturated carbocycles. The Bertz CT molecular complexity index is 730. The zero-order valence-electron chi connectivity index (χ0n) is 11.7. The van der Waals surface area contributed by atoms with Crippen molar-refractivity contribution in [3.8, 4) is 0 Å². The first-order valence-corrected chi connectivity index (χ1v) is 7.35. The van der Waals surface area contributed by atoms with Crippen LogP contribution >= 0.6 is 11.3 Å². The maximum absolute atomic E-state index is 12.4. The molecule has 1 heterocycles. The minimum atomic E-state index is -1.13. The molecular weight excluding hydrogens is 290 g/mol. The van der Waals surface area contributed by atoms with E-state index in [1.54, 1.807) is 44.2 Å². The number of aromatic nitrogens is 1. The molecule has 0 radical (unpaired) electrons. The van der Waals surface area contributed by atoms with E-state index in [9.17, 15) is 14.4 Å². The zero-order valence-corrected chi connectivity index (χ0v) is 12.5.